The Bertz CT molecular complexity index is 144. The number of hydrogen-bond acceptors (Lipinski definition) is 2. The molecule has 0 aromatic heterocycles. The fourth-order valence-electron chi connectivity index (χ4n) is 0.141. The molecule has 51 valence electrons. The van der Waals surface area contributed by atoms with Crippen molar-refractivity contribution in [3.05, 3.63) is 28.6 Å². The van der Waals surface area contributed by atoms with E-state index in [1.165, 1.54) is 0 Å². The van der Waals surface area contributed by atoms with Crippen LogP contribution in [0, 0.1) is 16.5 Å². The van der Waals surface area contributed by atoms with Gasteiger partial charge >= 0.3 is 6.43 Å². The summed E-state index contributed by atoms with van der Waals surface area (Å²) in [7, 11) is 0. The zero-order valence-electron chi connectivity index (χ0n) is 3.97. The van der Waals surface area contributed by atoms with E-state index in [1.807, 2.05) is 0 Å². The molecule has 0 atom stereocenters. The molecule has 0 heterocycles. The van der Waals surface area contributed by atoms with Crippen LogP contribution in [-0.4, -0.2) is 4.92 Å². The van der Waals surface area contributed by atoms with Crippen molar-refractivity contribution < 1.29 is 18.1 Å². The lowest BCUT2D eigenvalue weighted by Crippen LogP contribution is -1.88. The molecule has 0 aliphatic heterocycles. The molecular formula is C3HF3NO2. The van der Waals surface area contributed by atoms with Gasteiger partial charge in [0.2, 0.25) is 5.83 Å². The van der Waals surface area contributed by atoms with Gasteiger partial charge in [0.25, 0.3) is 6.20 Å². The average molecular weight is 140 g/mol. The van der Waals surface area contributed by atoms with Crippen molar-refractivity contribution in [2.24, 2.45) is 0 Å². The van der Waals surface area contributed by atoms with Crippen LogP contribution in [0.2, 0.25) is 0 Å². The standard InChI is InChI=1S/C3HF3NO2/c4-2(3(5)6)1-7(8)9/h1H. The first-order chi connectivity index (χ1) is 4.04. The molecule has 0 aliphatic carbocycles. The van der Waals surface area contributed by atoms with Crippen molar-refractivity contribution >= 4 is 0 Å². The van der Waals surface area contributed by atoms with Crippen molar-refractivity contribution in [3.63, 3.8) is 0 Å². The summed E-state index contributed by atoms with van der Waals surface area (Å²) in [5.74, 6) is -2.11. The Morgan fingerprint density at radius 2 is 1.89 bits per heavy atom. The van der Waals surface area contributed by atoms with Crippen LogP contribution in [0.5, 0.6) is 0 Å². The summed E-state index contributed by atoms with van der Waals surface area (Å²) in [4.78, 5) is 7.96. The third-order valence-electron chi connectivity index (χ3n) is 0.399. The minimum atomic E-state index is -2.69. The molecule has 0 unspecified atom stereocenters. The monoisotopic (exact) mass is 140 g/mol. The van der Waals surface area contributed by atoms with Gasteiger partial charge in [-0.1, -0.05) is 0 Å². The average Bonchev–Trinajstić information content (AvgIpc) is 1.63. The molecule has 0 N–H and O–H groups in total. The van der Waals surface area contributed by atoms with Gasteiger partial charge in [0, 0.05) is 0 Å². The summed E-state index contributed by atoms with van der Waals surface area (Å²) in [5.41, 5.74) is 0. The third kappa shape index (κ3) is 3.51. The Balaban J connectivity index is 4.00. The lowest BCUT2D eigenvalue weighted by Gasteiger charge is -1.84. The van der Waals surface area contributed by atoms with E-state index in [-0.39, 0.29) is 0 Å². The molecule has 9 heavy (non-hydrogen) atoms. The lowest BCUT2D eigenvalue weighted by atomic mass is 10.6. The first kappa shape index (κ1) is 7.93. The highest BCUT2D eigenvalue weighted by Gasteiger charge is 2.16. The quantitative estimate of drug-likeness (QED) is 0.430. The molecule has 0 aliphatic rings. The van der Waals surface area contributed by atoms with Crippen molar-refractivity contribution in [3.8, 4) is 0 Å². The highest BCUT2D eigenvalue weighted by molar-refractivity contribution is 4.99. The number of allylic oxidation sites excluding steroid dienone is 1. The van der Waals surface area contributed by atoms with E-state index in [4.69, 9.17) is 0 Å². The van der Waals surface area contributed by atoms with Gasteiger partial charge in [0.1, 0.15) is 0 Å². The highest BCUT2D eigenvalue weighted by atomic mass is 19.3. The third-order valence-corrected chi connectivity index (χ3v) is 0.399. The molecule has 0 saturated heterocycles. The minimum absolute atomic E-state index is 0.407. The molecule has 1 radical (unpaired) electrons. The van der Waals surface area contributed by atoms with Crippen LogP contribution >= 0.6 is 0 Å². The topological polar surface area (TPSA) is 43.1 Å². The van der Waals surface area contributed by atoms with Gasteiger partial charge in [0.15, 0.2) is 0 Å². The molecule has 0 aromatic carbocycles. The van der Waals surface area contributed by atoms with Crippen LogP contribution in [-0.2, 0) is 0 Å². The zero-order valence-corrected chi connectivity index (χ0v) is 3.97. The second-order valence-corrected chi connectivity index (χ2v) is 1.02. The Labute approximate surface area is 47.9 Å². The molecular weight excluding hydrogens is 139 g/mol. The van der Waals surface area contributed by atoms with E-state index in [0.717, 1.165) is 0 Å². The molecule has 0 spiro atoms. The Kier molecular flexibility index (Phi) is 2.69. The van der Waals surface area contributed by atoms with Gasteiger partial charge in [-0.25, -0.2) is 0 Å². The van der Waals surface area contributed by atoms with Crippen LogP contribution in [0.15, 0.2) is 12.0 Å². The van der Waals surface area contributed by atoms with Gasteiger partial charge in [-0.2, -0.15) is 13.2 Å². The van der Waals surface area contributed by atoms with Crippen molar-refractivity contribution in [2.75, 3.05) is 0 Å². The van der Waals surface area contributed by atoms with E-state index >= 15 is 0 Å². The SMILES string of the molecule is O=[N+]([O-])C=C(F)[C](F)F. The molecule has 0 aromatic rings. The van der Waals surface area contributed by atoms with Crippen LogP contribution in [0.3, 0.4) is 0 Å². The Hall–Kier alpha value is -1.07. The fourth-order valence-corrected chi connectivity index (χ4v) is 0.141. The summed E-state index contributed by atoms with van der Waals surface area (Å²) in [6.45, 7) is 0. The van der Waals surface area contributed by atoms with E-state index in [9.17, 15) is 23.3 Å². The maximum atomic E-state index is 11.4. The van der Waals surface area contributed by atoms with Crippen LogP contribution < -0.4 is 0 Å². The van der Waals surface area contributed by atoms with Crippen LogP contribution in [0.25, 0.3) is 0 Å². The minimum Gasteiger partial charge on any atom is -0.259 e. The summed E-state index contributed by atoms with van der Waals surface area (Å²) < 4.78 is 33.3. The van der Waals surface area contributed by atoms with Gasteiger partial charge in [-0.15, -0.1) is 0 Å². The lowest BCUT2D eigenvalue weighted by molar-refractivity contribution is -0.404. The summed E-state index contributed by atoms with van der Waals surface area (Å²) in [6, 6.07) is 0. The van der Waals surface area contributed by atoms with Gasteiger partial charge in [-0.05, 0) is 0 Å². The summed E-state index contributed by atoms with van der Waals surface area (Å²) in [5, 5.41) is 9.26. The predicted octanol–water partition coefficient (Wildman–Crippen LogP) is 1.50. The molecule has 0 rings (SSSR count). The van der Waals surface area contributed by atoms with E-state index in [0.29, 0.717) is 0 Å². The molecule has 3 nitrogen and oxygen atoms in total. The van der Waals surface area contributed by atoms with Crippen LogP contribution in [0.1, 0.15) is 0 Å². The van der Waals surface area contributed by atoms with Gasteiger partial charge < -0.3 is 0 Å². The maximum Gasteiger partial charge on any atom is 0.373 e. The first-order valence-electron chi connectivity index (χ1n) is 1.73. The molecule has 6 heteroatoms. The van der Waals surface area contributed by atoms with Crippen molar-refractivity contribution in [2.45, 2.75) is 0 Å². The van der Waals surface area contributed by atoms with Gasteiger partial charge in [-0.3, -0.25) is 10.1 Å². The molecule has 0 saturated carbocycles. The Morgan fingerprint density at radius 1 is 1.44 bits per heavy atom. The largest absolute Gasteiger partial charge is 0.373 e. The highest BCUT2D eigenvalue weighted by Crippen LogP contribution is 2.16. The van der Waals surface area contributed by atoms with Crippen molar-refractivity contribution in [1.29, 1.82) is 0 Å². The second-order valence-electron chi connectivity index (χ2n) is 1.02. The number of nitro groups is 1. The molecule has 0 amide bonds. The summed E-state index contributed by atoms with van der Waals surface area (Å²) in [6.07, 6.45) is -3.10. The van der Waals surface area contributed by atoms with Crippen LogP contribution in [0.4, 0.5) is 13.2 Å². The van der Waals surface area contributed by atoms with E-state index in [1.54, 1.807) is 0 Å². The Morgan fingerprint density at radius 3 is 2.00 bits per heavy atom. The normalized spacial score (nSPS) is 12.2. The number of nitrogens with zero attached hydrogens (tertiary/aromatic N) is 1. The second kappa shape index (κ2) is 3.06. The predicted molar refractivity (Wildman–Crippen MR) is 21.6 cm³/mol. The van der Waals surface area contributed by atoms with E-state index < -0.39 is 23.4 Å². The maximum absolute atomic E-state index is 11.4. The number of halogens is 3. The zero-order chi connectivity index (χ0) is 7.44. The number of hydrogen-bond donors (Lipinski definition) is 0. The summed E-state index contributed by atoms with van der Waals surface area (Å²) >= 11 is 0. The fraction of sp³-hybridized carbons (Fsp3) is 0. The smallest absolute Gasteiger partial charge is 0.259 e. The molecule has 0 bridgehead atoms. The first-order valence-corrected chi connectivity index (χ1v) is 1.73. The van der Waals surface area contributed by atoms with E-state index in [2.05, 4.69) is 0 Å². The van der Waals surface area contributed by atoms with Crippen molar-refractivity contribution in [1.82, 2.24) is 0 Å². The molecule has 0 fully saturated rings. The van der Waals surface area contributed by atoms with Gasteiger partial charge in [0.05, 0.1) is 4.92 Å². The number of rotatable bonds is 2.